The highest BCUT2D eigenvalue weighted by atomic mass is 16.5. The third-order valence-electron chi connectivity index (χ3n) is 7.09. The lowest BCUT2D eigenvalue weighted by atomic mass is 9.70. The number of ether oxygens (including phenoxy) is 1. The smallest absolute Gasteiger partial charge is 0.292 e. The summed E-state index contributed by atoms with van der Waals surface area (Å²) in [5.74, 6) is 0.762. The van der Waals surface area contributed by atoms with Crippen LogP contribution in [0.3, 0.4) is 0 Å². The lowest BCUT2D eigenvalue weighted by molar-refractivity contribution is 0.00727. The van der Waals surface area contributed by atoms with Gasteiger partial charge in [0.15, 0.2) is 6.39 Å². The van der Waals surface area contributed by atoms with Crippen LogP contribution < -0.4 is 0 Å². The number of aromatic nitrogens is 1. The molecule has 3 aromatic rings. The second kappa shape index (κ2) is 8.31. The van der Waals surface area contributed by atoms with E-state index in [4.69, 9.17) is 9.15 Å². The Morgan fingerprint density at radius 1 is 1.13 bits per heavy atom. The van der Waals surface area contributed by atoms with Crippen molar-refractivity contribution in [2.45, 2.75) is 44.2 Å². The number of carbonyl (C=O) groups is 1. The molecule has 1 aliphatic carbocycles. The standard InChI is InChI=1S/C26H28N2O3/c1-19-24(31-18-27-19)25(29)28(16-20-8-4-2-5-9-20)23-14-22-12-13-30-17-26(22,15-23)21-10-6-3-7-11-21/h2-11,18,22-23H,12-17H2,1H3/t22-,23+,26-/m1/s1. The summed E-state index contributed by atoms with van der Waals surface area (Å²) >= 11 is 0. The van der Waals surface area contributed by atoms with E-state index in [0.29, 0.717) is 30.5 Å². The molecule has 1 saturated heterocycles. The van der Waals surface area contributed by atoms with Gasteiger partial charge in [-0.1, -0.05) is 60.7 Å². The maximum Gasteiger partial charge on any atom is 0.292 e. The molecule has 31 heavy (non-hydrogen) atoms. The van der Waals surface area contributed by atoms with Gasteiger partial charge in [0.25, 0.3) is 5.91 Å². The molecule has 5 rings (SSSR count). The van der Waals surface area contributed by atoms with Gasteiger partial charge in [0.2, 0.25) is 5.76 Å². The number of rotatable bonds is 5. The average Bonchev–Trinajstić information content (AvgIpc) is 3.42. The topological polar surface area (TPSA) is 55.6 Å². The molecule has 3 atom stereocenters. The van der Waals surface area contributed by atoms with Crippen molar-refractivity contribution in [2.24, 2.45) is 5.92 Å². The van der Waals surface area contributed by atoms with Gasteiger partial charge in [-0.3, -0.25) is 4.79 Å². The second-order valence-electron chi connectivity index (χ2n) is 8.84. The number of nitrogens with zero attached hydrogens (tertiary/aromatic N) is 2. The maximum atomic E-state index is 13.6. The van der Waals surface area contributed by atoms with Gasteiger partial charge in [-0.2, -0.15) is 0 Å². The molecular weight excluding hydrogens is 388 g/mol. The number of aryl methyl sites for hydroxylation is 1. The summed E-state index contributed by atoms with van der Waals surface area (Å²) in [7, 11) is 0. The Morgan fingerprint density at radius 2 is 1.87 bits per heavy atom. The summed E-state index contributed by atoms with van der Waals surface area (Å²) in [5.41, 5.74) is 3.04. The molecule has 0 N–H and O–H groups in total. The van der Waals surface area contributed by atoms with Crippen LogP contribution in [0.5, 0.6) is 0 Å². The number of oxazole rings is 1. The van der Waals surface area contributed by atoms with Crippen LogP contribution >= 0.6 is 0 Å². The van der Waals surface area contributed by atoms with Crippen molar-refractivity contribution in [1.82, 2.24) is 9.88 Å². The van der Waals surface area contributed by atoms with Gasteiger partial charge < -0.3 is 14.1 Å². The minimum atomic E-state index is -0.0772. The molecule has 1 saturated carbocycles. The summed E-state index contributed by atoms with van der Waals surface area (Å²) in [5, 5.41) is 0. The second-order valence-corrected chi connectivity index (χ2v) is 8.84. The first kappa shape index (κ1) is 20.0. The molecule has 2 fully saturated rings. The van der Waals surface area contributed by atoms with Crippen molar-refractivity contribution in [3.05, 3.63) is 89.6 Å². The van der Waals surface area contributed by atoms with Crippen LogP contribution in [0.25, 0.3) is 0 Å². The predicted octanol–water partition coefficient (Wildman–Crippen LogP) is 4.76. The number of amides is 1. The highest BCUT2D eigenvalue weighted by molar-refractivity contribution is 5.92. The van der Waals surface area contributed by atoms with Gasteiger partial charge in [0, 0.05) is 24.6 Å². The van der Waals surface area contributed by atoms with Crippen molar-refractivity contribution in [3.8, 4) is 0 Å². The van der Waals surface area contributed by atoms with Crippen molar-refractivity contribution in [2.75, 3.05) is 13.2 Å². The molecule has 5 nitrogen and oxygen atoms in total. The van der Waals surface area contributed by atoms with E-state index in [0.717, 1.165) is 31.4 Å². The van der Waals surface area contributed by atoms with Crippen molar-refractivity contribution in [3.63, 3.8) is 0 Å². The molecule has 1 aliphatic heterocycles. The van der Waals surface area contributed by atoms with E-state index in [9.17, 15) is 4.79 Å². The molecule has 5 heteroatoms. The third-order valence-corrected chi connectivity index (χ3v) is 7.09. The van der Waals surface area contributed by atoms with Gasteiger partial charge in [-0.15, -0.1) is 0 Å². The number of hydrogen-bond acceptors (Lipinski definition) is 4. The first-order valence-electron chi connectivity index (χ1n) is 11.1. The molecule has 2 aromatic carbocycles. The molecule has 0 unspecified atom stereocenters. The zero-order chi connectivity index (χ0) is 21.3. The number of fused-ring (bicyclic) bond motifs is 1. The molecule has 0 radical (unpaired) electrons. The number of hydrogen-bond donors (Lipinski definition) is 0. The SMILES string of the molecule is Cc1ncoc1C(=O)N(Cc1ccccc1)[C@H]1C[C@H]2CCOC[C@@]2(c2ccccc2)C1. The Hall–Kier alpha value is -2.92. The first-order chi connectivity index (χ1) is 15.2. The van der Waals surface area contributed by atoms with E-state index in [2.05, 4.69) is 47.4 Å². The van der Waals surface area contributed by atoms with Crippen LogP contribution in [0.2, 0.25) is 0 Å². The number of benzene rings is 2. The normalized spacial score (nSPS) is 25.2. The fourth-order valence-electron chi connectivity index (χ4n) is 5.50. The summed E-state index contributed by atoms with van der Waals surface area (Å²) < 4.78 is 11.5. The summed E-state index contributed by atoms with van der Waals surface area (Å²) in [6.07, 6.45) is 4.26. The molecule has 0 spiro atoms. The van der Waals surface area contributed by atoms with Crippen molar-refractivity contribution < 1.29 is 13.9 Å². The van der Waals surface area contributed by atoms with Crippen molar-refractivity contribution >= 4 is 5.91 Å². The predicted molar refractivity (Wildman–Crippen MR) is 118 cm³/mol. The fourth-order valence-corrected chi connectivity index (χ4v) is 5.50. The van der Waals surface area contributed by atoms with Crippen LogP contribution in [0, 0.1) is 12.8 Å². The van der Waals surface area contributed by atoms with Crippen LogP contribution in [-0.2, 0) is 16.7 Å². The minimum Gasteiger partial charge on any atom is -0.438 e. The Morgan fingerprint density at radius 3 is 2.58 bits per heavy atom. The molecule has 2 heterocycles. The Kier molecular flexibility index (Phi) is 5.36. The van der Waals surface area contributed by atoms with Gasteiger partial charge in [-0.05, 0) is 43.2 Å². The van der Waals surface area contributed by atoms with Gasteiger partial charge in [0.05, 0.1) is 12.3 Å². The molecule has 160 valence electrons. The van der Waals surface area contributed by atoms with E-state index in [1.807, 2.05) is 30.0 Å². The zero-order valence-electron chi connectivity index (χ0n) is 17.9. The van der Waals surface area contributed by atoms with Crippen LogP contribution in [0.15, 0.2) is 71.5 Å². The van der Waals surface area contributed by atoms with Crippen LogP contribution in [-0.4, -0.2) is 35.0 Å². The molecular formula is C26H28N2O3. The van der Waals surface area contributed by atoms with E-state index < -0.39 is 0 Å². The van der Waals surface area contributed by atoms with E-state index in [1.54, 1.807) is 0 Å². The summed E-state index contributed by atoms with van der Waals surface area (Å²) in [4.78, 5) is 19.8. The Bertz CT molecular complexity index is 1030. The largest absolute Gasteiger partial charge is 0.438 e. The molecule has 2 aliphatic rings. The third kappa shape index (κ3) is 3.68. The molecule has 0 bridgehead atoms. The van der Waals surface area contributed by atoms with Gasteiger partial charge in [-0.25, -0.2) is 4.98 Å². The van der Waals surface area contributed by atoms with E-state index in [1.165, 1.54) is 12.0 Å². The zero-order valence-corrected chi connectivity index (χ0v) is 17.9. The van der Waals surface area contributed by atoms with Gasteiger partial charge >= 0.3 is 0 Å². The maximum absolute atomic E-state index is 13.6. The number of carbonyl (C=O) groups excluding carboxylic acids is 1. The summed E-state index contributed by atoms with van der Waals surface area (Å²) in [6, 6.07) is 21.0. The van der Waals surface area contributed by atoms with Crippen LogP contribution in [0.1, 0.15) is 46.6 Å². The monoisotopic (exact) mass is 416 g/mol. The fraction of sp³-hybridized carbons (Fsp3) is 0.385. The molecule has 1 aromatic heterocycles. The lowest BCUT2D eigenvalue weighted by Crippen LogP contribution is -2.42. The molecule has 1 amide bonds. The van der Waals surface area contributed by atoms with Gasteiger partial charge in [0.1, 0.15) is 0 Å². The van der Waals surface area contributed by atoms with E-state index in [-0.39, 0.29) is 17.4 Å². The van der Waals surface area contributed by atoms with E-state index >= 15 is 0 Å². The average molecular weight is 417 g/mol. The van der Waals surface area contributed by atoms with Crippen LogP contribution in [0.4, 0.5) is 0 Å². The lowest BCUT2D eigenvalue weighted by Gasteiger charge is -2.40. The summed E-state index contributed by atoms with van der Waals surface area (Å²) in [6.45, 7) is 3.89. The first-order valence-corrected chi connectivity index (χ1v) is 11.1. The Balaban J connectivity index is 1.50. The quantitative estimate of drug-likeness (QED) is 0.602. The Labute approximate surface area is 183 Å². The van der Waals surface area contributed by atoms with Crippen molar-refractivity contribution in [1.29, 1.82) is 0 Å². The highest BCUT2D eigenvalue weighted by Crippen LogP contribution is 2.51. The highest BCUT2D eigenvalue weighted by Gasteiger charge is 2.52. The minimum absolute atomic E-state index is 0.0458.